The van der Waals surface area contributed by atoms with Crippen LogP contribution in [0, 0.1) is 6.92 Å². The van der Waals surface area contributed by atoms with Gasteiger partial charge < -0.3 is 14.6 Å². The molecule has 10 heteroatoms. The third-order valence-electron chi connectivity index (χ3n) is 4.77. The molecule has 28 heavy (non-hydrogen) atoms. The lowest BCUT2D eigenvalue weighted by atomic mass is 10.2. The van der Waals surface area contributed by atoms with E-state index < -0.39 is 13.0 Å². The fourth-order valence-electron chi connectivity index (χ4n) is 3.31. The number of anilines is 1. The van der Waals surface area contributed by atoms with Gasteiger partial charge in [-0.2, -0.15) is 0 Å². The SMILES string of the molecule is Cc1nc2ccc(-c3ccn4nc(NC5COC5)ncc34)nc2n1CC(F)F. The fourth-order valence-corrected chi connectivity index (χ4v) is 3.31. The zero-order chi connectivity index (χ0) is 19.3. The molecule has 0 saturated carbocycles. The second-order valence-corrected chi connectivity index (χ2v) is 6.72. The lowest BCUT2D eigenvalue weighted by Crippen LogP contribution is -2.40. The molecule has 0 atom stereocenters. The molecule has 144 valence electrons. The molecule has 0 amide bonds. The predicted octanol–water partition coefficient (Wildman–Crippen LogP) is 2.53. The minimum absolute atomic E-state index is 0.231. The predicted molar refractivity (Wildman–Crippen MR) is 98.5 cm³/mol. The van der Waals surface area contributed by atoms with Gasteiger partial charge in [0.2, 0.25) is 5.95 Å². The van der Waals surface area contributed by atoms with E-state index >= 15 is 0 Å². The Hall–Kier alpha value is -3.14. The molecule has 5 rings (SSSR count). The molecule has 1 fully saturated rings. The van der Waals surface area contributed by atoms with Crippen LogP contribution < -0.4 is 5.32 Å². The van der Waals surface area contributed by atoms with Crippen molar-refractivity contribution >= 4 is 22.6 Å². The van der Waals surface area contributed by atoms with E-state index in [1.165, 1.54) is 4.57 Å². The number of hydrogen-bond acceptors (Lipinski definition) is 6. The van der Waals surface area contributed by atoms with Gasteiger partial charge in [-0.1, -0.05) is 0 Å². The highest BCUT2D eigenvalue weighted by molar-refractivity contribution is 5.82. The van der Waals surface area contributed by atoms with Crippen molar-refractivity contribution in [2.45, 2.75) is 25.9 Å². The molecule has 1 N–H and O–H groups in total. The van der Waals surface area contributed by atoms with Crippen LogP contribution in [0.2, 0.25) is 0 Å². The highest BCUT2D eigenvalue weighted by Crippen LogP contribution is 2.26. The smallest absolute Gasteiger partial charge is 0.256 e. The largest absolute Gasteiger partial charge is 0.377 e. The number of hydrogen-bond donors (Lipinski definition) is 1. The molecule has 8 nitrogen and oxygen atoms in total. The number of pyridine rings is 1. The van der Waals surface area contributed by atoms with E-state index in [0.29, 0.717) is 41.8 Å². The Morgan fingerprint density at radius 2 is 2.11 bits per heavy atom. The van der Waals surface area contributed by atoms with Crippen LogP contribution in [0.25, 0.3) is 27.9 Å². The van der Waals surface area contributed by atoms with Gasteiger partial charge in [0.25, 0.3) is 6.43 Å². The third kappa shape index (κ3) is 2.85. The summed E-state index contributed by atoms with van der Waals surface area (Å²) in [6, 6.07) is 5.74. The Kier molecular flexibility index (Phi) is 3.93. The number of ether oxygens (including phenoxy) is 1. The molecular weight excluding hydrogens is 368 g/mol. The number of aryl methyl sites for hydroxylation is 1. The number of alkyl halides is 2. The van der Waals surface area contributed by atoms with Crippen molar-refractivity contribution in [3.63, 3.8) is 0 Å². The highest BCUT2D eigenvalue weighted by atomic mass is 19.3. The first-order chi connectivity index (χ1) is 13.6. The van der Waals surface area contributed by atoms with Gasteiger partial charge in [-0.3, -0.25) is 0 Å². The average Bonchev–Trinajstić information content (AvgIpc) is 3.18. The summed E-state index contributed by atoms with van der Waals surface area (Å²) < 4.78 is 34.2. The van der Waals surface area contributed by atoms with Crippen LogP contribution in [0.5, 0.6) is 0 Å². The van der Waals surface area contributed by atoms with Gasteiger partial charge in [-0.25, -0.2) is 28.2 Å². The van der Waals surface area contributed by atoms with E-state index in [1.807, 2.05) is 18.3 Å². The Labute approximate surface area is 158 Å². The normalized spacial score (nSPS) is 14.9. The monoisotopic (exact) mass is 385 g/mol. The summed E-state index contributed by atoms with van der Waals surface area (Å²) in [5.41, 5.74) is 3.29. The second kappa shape index (κ2) is 6.48. The zero-order valence-electron chi connectivity index (χ0n) is 15.0. The van der Waals surface area contributed by atoms with E-state index in [9.17, 15) is 8.78 Å². The van der Waals surface area contributed by atoms with Crippen molar-refractivity contribution in [2.24, 2.45) is 0 Å². The number of imidazole rings is 1. The molecule has 4 aromatic heterocycles. The van der Waals surface area contributed by atoms with Crippen LogP contribution >= 0.6 is 0 Å². The van der Waals surface area contributed by atoms with E-state index in [1.54, 1.807) is 23.7 Å². The van der Waals surface area contributed by atoms with Crippen LogP contribution in [-0.2, 0) is 11.3 Å². The summed E-state index contributed by atoms with van der Waals surface area (Å²) in [6.45, 7) is 2.56. The molecule has 0 aromatic carbocycles. The van der Waals surface area contributed by atoms with Crippen LogP contribution in [-0.4, -0.2) is 54.8 Å². The van der Waals surface area contributed by atoms with E-state index in [0.717, 1.165) is 11.1 Å². The molecular formula is C18H17F2N7O. The molecule has 0 radical (unpaired) electrons. The zero-order valence-corrected chi connectivity index (χ0v) is 15.0. The second-order valence-electron chi connectivity index (χ2n) is 6.72. The van der Waals surface area contributed by atoms with Crippen molar-refractivity contribution in [1.82, 2.24) is 29.1 Å². The van der Waals surface area contributed by atoms with Crippen molar-refractivity contribution < 1.29 is 13.5 Å². The molecule has 0 spiro atoms. The maximum Gasteiger partial charge on any atom is 0.256 e. The molecule has 0 aliphatic carbocycles. The maximum atomic E-state index is 12.9. The summed E-state index contributed by atoms with van der Waals surface area (Å²) in [5.74, 6) is 1.04. The molecule has 1 saturated heterocycles. The van der Waals surface area contributed by atoms with E-state index in [2.05, 4.69) is 25.4 Å². The Morgan fingerprint density at radius 1 is 1.25 bits per heavy atom. The van der Waals surface area contributed by atoms with Crippen LogP contribution in [0.1, 0.15) is 5.82 Å². The lowest BCUT2D eigenvalue weighted by Gasteiger charge is -2.26. The first-order valence-electron chi connectivity index (χ1n) is 8.89. The molecule has 5 heterocycles. The Morgan fingerprint density at radius 3 is 2.86 bits per heavy atom. The minimum Gasteiger partial charge on any atom is -0.377 e. The quantitative estimate of drug-likeness (QED) is 0.569. The minimum atomic E-state index is -2.47. The van der Waals surface area contributed by atoms with Gasteiger partial charge in [0, 0.05) is 11.8 Å². The van der Waals surface area contributed by atoms with Crippen LogP contribution in [0.3, 0.4) is 0 Å². The van der Waals surface area contributed by atoms with Gasteiger partial charge in [0.1, 0.15) is 11.3 Å². The number of fused-ring (bicyclic) bond motifs is 2. The van der Waals surface area contributed by atoms with E-state index in [4.69, 9.17) is 4.74 Å². The topological polar surface area (TPSA) is 82.2 Å². The molecule has 4 aromatic rings. The molecule has 0 unspecified atom stereocenters. The lowest BCUT2D eigenvalue weighted by molar-refractivity contribution is 0.0207. The van der Waals surface area contributed by atoms with Gasteiger partial charge in [-0.15, -0.1) is 5.10 Å². The first-order valence-corrected chi connectivity index (χ1v) is 8.89. The van der Waals surface area contributed by atoms with Gasteiger partial charge in [0.15, 0.2) is 5.65 Å². The fraction of sp³-hybridized carbons (Fsp3) is 0.333. The maximum absolute atomic E-state index is 12.9. The van der Waals surface area contributed by atoms with Crippen LogP contribution in [0.15, 0.2) is 30.6 Å². The Balaban J connectivity index is 1.54. The number of nitrogens with zero attached hydrogens (tertiary/aromatic N) is 6. The molecule has 1 aliphatic rings. The first kappa shape index (κ1) is 17.0. The van der Waals surface area contributed by atoms with Gasteiger partial charge in [-0.05, 0) is 25.1 Å². The Bertz CT molecular complexity index is 1170. The van der Waals surface area contributed by atoms with Crippen molar-refractivity contribution in [1.29, 1.82) is 0 Å². The van der Waals surface area contributed by atoms with E-state index in [-0.39, 0.29) is 6.04 Å². The highest BCUT2D eigenvalue weighted by Gasteiger charge is 2.20. The number of nitrogens with one attached hydrogen (secondary N) is 1. The standard InChI is InChI=1S/C18H17F2N7O/c1-10-22-14-3-2-13(24-17(14)26(10)7-16(19)20)12-4-5-27-15(12)6-21-18(25-27)23-11-8-28-9-11/h2-6,11,16H,7-9H2,1H3,(H,23,25). The van der Waals surface area contributed by atoms with Crippen LogP contribution in [0.4, 0.5) is 14.7 Å². The average molecular weight is 385 g/mol. The summed E-state index contributed by atoms with van der Waals surface area (Å²) in [7, 11) is 0. The summed E-state index contributed by atoms with van der Waals surface area (Å²) in [6.07, 6.45) is 1.07. The third-order valence-corrected chi connectivity index (χ3v) is 4.77. The van der Waals surface area contributed by atoms with Crippen molar-refractivity contribution in [3.05, 3.63) is 36.4 Å². The van der Waals surface area contributed by atoms with Crippen molar-refractivity contribution in [3.8, 4) is 11.3 Å². The summed E-state index contributed by atoms with van der Waals surface area (Å²) in [4.78, 5) is 13.3. The number of halogens is 2. The molecule has 0 bridgehead atoms. The summed E-state index contributed by atoms with van der Waals surface area (Å²) >= 11 is 0. The van der Waals surface area contributed by atoms with Gasteiger partial charge in [0.05, 0.1) is 43.2 Å². The molecule has 1 aliphatic heterocycles. The number of aromatic nitrogens is 6. The summed E-state index contributed by atoms with van der Waals surface area (Å²) in [5, 5.41) is 7.67. The van der Waals surface area contributed by atoms with Gasteiger partial charge >= 0.3 is 0 Å². The van der Waals surface area contributed by atoms with Crippen molar-refractivity contribution in [2.75, 3.05) is 18.5 Å². The number of rotatable bonds is 5.